The highest BCUT2D eigenvalue weighted by Crippen LogP contribution is 2.29. The second kappa shape index (κ2) is 7.85. The van der Waals surface area contributed by atoms with Crippen molar-refractivity contribution in [1.29, 1.82) is 0 Å². The predicted molar refractivity (Wildman–Crippen MR) is 110 cm³/mol. The van der Waals surface area contributed by atoms with Crippen LogP contribution in [0, 0.1) is 6.92 Å². The summed E-state index contributed by atoms with van der Waals surface area (Å²) in [5.74, 6) is 2.06. The van der Waals surface area contributed by atoms with Gasteiger partial charge in [-0.15, -0.1) is 0 Å². The maximum atomic E-state index is 5.55. The van der Waals surface area contributed by atoms with E-state index in [1.807, 2.05) is 49.1 Å². The Balaban J connectivity index is 1.64. The summed E-state index contributed by atoms with van der Waals surface area (Å²) in [5.41, 5.74) is 3.80. The number of hydrogen-bond donors (Lipinski definition) is 3. The Labute approximate surface area is 164 Å². The molecule has 4 rings (SSSR count). The highest BCUT2D eigenvalue weighted by Gasteiger charge is 2.19. The van der Waals surface area contributed by atoms with Crippen molar-refractivity contribution in [3.05, 3.63) is 47.9 Å². The average Bonchev–Trinajstić information content (AvgIpc) is 3.39. The van der Waals surface area contributed by atoms with Gasteiger partial charge in [0.25, 0.3) is 0 Å². The van der Waals surface area contributed by atoms with Gasteiger partial charge in [0.05, 0.1) is 13.3 Å². The van der Waals surface area contributed by atoms with Crippen LogP contribution in [0.1, 0.15) is 30.1 Å². The Bertz CT molecular complexity index is 963. The van der Waals surface area contributed by atoms with Crippen LogP contribution in [0.25, 0.3) is 5.69 Å². The Morgan fingerprint density at radius 2 is 2.14 bits per heavy atom. The fourth-order valence-electron chi connectivity index (χ4n) is 3.45. The third kappa shape index (κ3) is 3.77. The Morgan fingerprint density at radius 1 is 1.25 bits per heavy atom. The number of benzene rings is 1. The van der Waals surface area contributed by atoms with E-state index in [-0.39, 0.29) is 0 Å². The zero-order valence-corrected chi connectivity index (χ0v) is 16.4. The zero-order chi connectivity index (χ0) is 19.5. The summed E-state index contributed by atoms with van der Waals surface area (Å²) < 4.78 is 7.41. The van der Waals surface area contributed by atoms with E-state index >= 15 is 0 Å². The van der Waals surface area contributed by atoms with Gasteiger partial charge in [-0.3, -0.25) is 0 Å². The maximum Gasteiger partial charge on any atom is 0.229 e. The fraction of sp³-hybridized carbons (Fsp3) is 0.350. The number of aromatic nitrogens is 4. The minimum atomic E-state index is 0.377. The molecule has 1 saturated heterocycles. The number of nitrogens with zero attached hydrogens (tertiary/aromatic N) is 4. The Kier molecular flexibility index (Phi) is 5.12. The number of aryl methyl sites for hydroxylation is 1. The van der Waals surface area contributed by atoms with E-state index in [4.69, 9.17) is 4.74 Å². The van der Waals surface area contributed by atoms with E-state index in [1.165, 1.54) is 12.0 Å². The normalized spacial score (nSPS) is 16.2. The van der Waals surface area contributed by atoms with E-state index < -0.39 is 0 Å². The second-order valence-electron chi connectivity index (χ2n) is 6.85. The number of anilines is 3. The summed E-state index contributed by atoms with van der Waals surface area (Å²) in [6.45, 7) is 3.00. The second-order valence-corrected chi connectivity index (χ2v) is 6.85. The molecule has 3 N–H and O–H groups in total. The molecule has 0 saturated carbocycles. The Morgan fingerprint density at radius 3 is 2.89 bits per heavy atom. The molecule has 1 atom stereocenters. The minimum absolute atomic E-state index is 0.377. The number of ether oxygens (including phenoxy) is 1. The van der Waals surface area contributed by atoms with Crippen molar-refractivity contribution in [2.75, 3.05) is 31.3 Å². The van der Waals surface area contributed by atoms with Gasteiger partial charge in [-0.05, 0) is 44.5 Å². The predicted octanol–water partition coefficient (Wildman–Crippen LogP) is 3.19. The van der Waals surface area contributed by atoms with E-state index in [2.05, 4.69) is 37.2 Å². The number of nitrogens with one attached hydrogen (secondary N) is 3. The first-order valence-corrected chi connectivity index (χ1v) is 9.43. The van der Waals surface area contributed by atoms with Crippen LogP contribution in [0.15, 0.2) is 36.7 Å². The molecule has 0 aliphatic carbocycles. The topological polar surface area (TPSA) is 88.9 Å². The SMILES string of the molecule is CNc1cc(C)nc(Nc2ccc(OC)c(-n3cc([C@H]4CCCN4)cn3)c2)n1. The maximum absolute atomic E-state index is 5.55. The van der Waals surface area contributed by atoms with Crippen molar-refractivity contribution in [2.24, 2.45) is 0 Å². The summed E-state index contributed by atoms with van der Waals surface area (Å²) >= 11 is 0. The molecular formula is C20H25N7O. The summed E-state index contributed by atoms with van der Waals surface area (Å²) in [6.07, 6.45) is 6.32. The first kappa shape index (κ1) is 18.2. The molecule has 3 aromatic rings. The van der Waals surface area contributed by atoms with Crippen LogP contribution in [0.3, 0.4) is 0 Å². The molecule has 8 heteroatoms. The standard InChI is InChI=1S/C20H25N7O/c1-13-9-19(21-2)26-20(24-13)25-15-6-7-18(28-3)17(10-15)27-12-14(11-23-27)16-5-4-8-22-16/h6-7,9-12,16,22H,4-5,8H2,1-3H3,(H2,21,24,25,26)/t16-/m1/s1. The molecule has 1 aliphatic heterocycles. The summed E-state index contributed by atoms with van der Waals surface area (Å²) in [7, 11) is 3.50. The van der Waals surface area contributed by atoms with Crippen molar-refractivity contribution in [3.63, 3.8) is 0 Å². The lowest BCUT2D eigenvalue weighted by Crippen LogP contribution is -2.12. The molecule has 8 nitrogen and oxygen atoms in total. The molecule has 0 spiro atoms. The van der Waals surface area contributed by atoms with E-state index in [1.54, 1.807) is 7.11 Å². The molecule has 0 amide bonds. The van der Waals surface area contributed by atoms with Crippen LogP contribution in [0.5, 0.6) is 5.75 Å². The van der Waals surface area contributed by atoms with Gasteiger partial charge in [0.15, 0.2) is 0 Å². The third-order valence-electron chi connectivity index (χ3n) is 4.86. The fourth-order valence-corrected chi connectivity index (χ4v) is 3.45. The molecule has 2 aromatic heterocycles. The molecule has 0 bridgehead atoms. The van der Waals surface area contributed by atoms with Gasteiger partial charge in [-0.1, -0.05) is 0 Å². The lowest BCUT2D eigenvalue weighted by molar-refractivity contribution is 0.412. The van der Waals surface area contributed by atoms with Crippen molar-refractivity contribution >= 4 is 17.5 Å². The monoisotopic (exact) mass is 379 g/mol. The van der Waals surface area contributed by atoms with Gasteiger partial charge in [-0.25, -0.2) is 9.67 Å². The smallest absolute Gasteiger partial charge is 0.229 e. The molecular weight excluding hydrogens is 354 g/mol. The van der Waals surface area contributed by atoms with Gasteiger partial charge in [0, 0.05) is 42.3 Å². The zero-order valence-electron chi connectivity index (χ0n) is 16.4. The lowest BCUT2D eigenvalue weighted by atomic mass is 10.1. The van der Waals surface area contributed by atoms with Crippen LogP contribution in [-0.4, -0.2) is 40.5 Å². The molecule has 0 radical (unpaired) electrons. The molecule has 0 unspecified atom stereocenters. The number of rotatable bonds is 6. The van der Waals surface area contributed by atoms with Crippen LogP contribution in [0.2, 0.25) is 0 Å². The van der Waals surface area contributed by atoms with E-state index in [0.717, 1.165) is 41.6 Å². The summed E-state index contributed by atoms with van der Waals surface area (Å²) in [4.78, 5) is 8.91. The van der Waals surface area contributed by atoms with Gasteiger partial charge in [0.2, 0.25) is 5.95 Å². The number of hydrogen-bond acceptors (Lipinski definition) is 7. The van der Waals surface area contributed by atoms with Crippen molar-refractivity contribution in [1.82, 2.24) is 25.1 Å². The van der Waals surface area contributed by atoms with E-state index in [0.29, 0.717) is 12.0 Å². The van der Waals surface area contributed by atoms with Crippen molar-refractivity contribution in [3.8, 4) is 11.4 Å². The molecule has 146 valence electrons. The van der Waals surface area contributed by atoms with Gasteiger partial charge >= 0.3 is 0 Å². The lowest BCUT2D eigenvalue weighted by Gasteiger charge is -2.13. The third-order valence-corrected chi connectivity index (χ3v) is 4.86. The molecule has 28 heavy (non-hydrogen) atoms. The first-order chi connectivity index (χ1) is 13.7. The van der Waals surface area contributed by atoms with Crippen LogP contribution in [-0.2, 0) is 0 Å². The summed E-state index contributed by atoms with van der Waals surface area (Å²) in [6, 6.07) is 8.12. The molecule has 3 heterocycles. The average molecular weight is 379 g/mol. The van der Waals surface area contributed by atoms with Gasteiger partial charge in [-0.2, -0.15) is 10.1 Å². The van der Waals surface area contributed by atoms with Crippen LogP contribution >= 0.6 is 0 Å². The quantitative estimate of drug-likeness (QED) is 0.606. The van der Waals surface area contributed by atoms with Gasteiger partial charge < -0.3 is 20.7 Å². The van der Waals surface area contributed by atoms with Crippen molar-refractivity contribution < 1.29 is 4.74 Å². The molecule has 1 aromatic carbocycles. The van der Waals surface area contributed by atoms with E-state index in [9.17, 15) is 0 Å². The molecule has 1 aliphatic rings. The van der Waals surface area contributed by atoms with Crippen LogP contribution in [0.4, 0.5) is 17.5 Å². The van der Waals surface area contributed by atoms with Crippen LogP contribution < -0.4 is 20.7 Å². The molecule has 1 fully saturated rings. The first-order valence-electron chi connectivity index (χ1n) is 9.43. The number of methoxy groups -OCH3 is 1. The highest BCUT2D eigenvalue weighted by molar-refractivity contribution is 5.63. The summed E-state index contributed by atoms with van der Waals surface area (Å²) in [5, 5.41) is 14.4. The van der Waals surface area contributed by atoms with Gasteiger partial charge in [0.1, 0.15) is 17.3 Å². The minimum Gasteiger partial charge on any atom is -0.494 e. The largest absolute Gasteiger partial charge is 0.494 e. The van der Waals surface area contributed by atoms with Crippen molar-refractivity contribution in [2.45, 2.75) is 25.8 Å². The highest BCUT2D eigenvalue weighted by atomic mass is 16.5. The Hall–Kier alpha value is -3.13.